The van der Waals surface area contributed by atoms with Crippen LogP contribution in [0, 0.1) is 0 Å². The van der Waals surface area contributed by atoms with Gasteiger partial charge in [-0.2, -0.15) is 0 Å². The second kappa shape index (κ2) is 6.56. The molecule has 22 heavy (non-hydrogen) atoms. The molecule has 0 radical (unpaired) electrons. The van der Waals surface area contributed by atoms with E-state index in [2.05, 4.69) is 60.4 Å². The minimum Gasteiger partial charge on any atom is -0.378 e. The highest BCUT2D eigenvalue weighted by molar-refractivity contribution is 6.15. The van der Waals surface area contributed by atoms with Crippen LogP contribution in [0.4, 0.5) is 5.69 Å². The zero-order valence-corrected chi connectivity index (χ0v) is 13.2. The van der Waals surface area contributed by atoms with Gasteiger partial charge < -0.3 is 4.90 Å². The zero-order valence-electron chi connectivity index (χ0n) is 13.2. The maximum Gasteiger partial charge on any atom is 0.0694 e. The minimum atomic E-state index is 0.904. The van der Waals surface area contributed by atoms with Crippen LogP contribution in [0.2, 0.25) is 0 Å². The van der Waals surface area contributed by atoms with Crippen molar-refractivity contribution in [1.82, 2.24) is 4.98 Å². The molecule has 3 heteroatoms. The molecule has 0 saturated heterocycles. The van der Waals surface area contributed by atoms with Crippen molar-refractivity contribution >= 4 is 17.5 Å². The first-order chi connectivity index (χ1) is 10.7. The van der Waals surface area contributed by atoms with Crippen molar-refractivity contribution in [3.05, 3.63) is 65.5 Å². The van der Waals surface area contributed by atoms with Gasteiger partial charge in [-0.25, -0.2) is 0 Å². The molecule has 0 bridgehead atoms. The number of anilines is 1. The fraction of sp³-hybridized carbons (Fsp3) is 0.263. The number of nitrogens with zero attached hydrogens (tertiary/aromatic N) is 3. The highest BCUT2D eigenvalue weighted by atomic mass is 15.1. The van der Waals surface area contributed by atoms with Gasteiger partial charge in [-0.15, -0.1) is 0 Å². The fourth-order valence-corrected chi connectivity index (χ4v) is 2.67. The summed E-state index contributed by atoms with van der Waals surface area (Å²) in [5.41, 5.74) is 5.94. The first-order valence-electron chi connectivity index (χ1n) is 7.67. The lowest BCUT2D eigenvalue weighted by molar-refractivity contribution is 0.818. The zero-order chi connectivity index (χ0) is 15.4. The summed E-state index contributed by atoms with van der Waals surface area (Å²) in [7, 11) is 4.11. The van der Waals surface area contributed by atoms with Gasteiger partial charge in [0.05, 0.1) is 5.71 Å². The van der Waals surface area contributed by atoms with Crippen LogP contribution in [0.1, 0.15) is 24.0 Å². The molecule has 0 N–H and O–H groups in total. The molecule has 0 fully saturated rings. The normalized spacial score (nSPS) is 16.5. The van der Waals surface area contributed by atoms with Crippen LogP contribution in [0.15, 0.2) is 59.4 Å². The van der Waals surface area contributed by atoms with Crippen molar-refractivity contribution in [2.24, 2.45) is 4.99 Å². The van der Waals surface area contributed by atoms with E-state index >= 15 is 0 Å². The Balaban J connectivity index is 1.91. The lowest BCUT2D eigenvalue weighted by Crippen LogP contribution is -2.12. The first-order valence-corrected chi connectivity index (χ1v) is 7.67. The average Bonchev–Trinajstić information content (AvgIpc) is 2.57. The number of rotatable bonds is 3. The molecule has 0 spiro atoms. The summed E-state index contributed by atoms with van der Waals surface area (Å²) >= 11 is 0. The summed E-state index contributed by atoms with van der Waals surface area (Å²) < 4.78 is 0. The molecular weight excluding hydrogens is 270 g/mol. The van der Waals surface area contributed by atoms with Crippen molar-refractivity contribution in [2.75, 3.05) is 25.5 Å². The number of allylic oxidation sites excluding steroid dienone is 1. The third-order valence-corrected chi connectivity index (χ3v) is 3.86. The van der Waals surface area contributed by atoms with Crippen LogP contribution >= 0.6 is 0 Å². The molecule has 0 unspecified atom stereocenters. The summed E-state index contributed by atoms with van der Waals surface area (Å²) in [6.45, 7) is 0.904. The van der Waals surface area contributed by atoms with Gasteiger partial charge >= 0.3 is 0 Å². The van der Waals surface area contributed by atoms with Crippen LogP contribution in [0.25, 0.3) is 6.08 Å². The molecule has 3 rings (SSSR count). The van der Waals surface area contributed by atoms with E-state index < -0.39 is 0 Å². The second-order valence-corrected chi connectivity index (χ2v) is 5.73. The van der Waals surface area contributed by atoms with E-state index in [1.807, 2.05) is 12.3 Å². The first kappa shape index (κ1) is 14.5. The van der Waals surface area contributed by atoms with Gasteiger partial charge in [0, 0.05) is 44.3 Å². The Hall–Kier alpha value is -2.42. The topological polar surface area (TPSA) is 28.5 Å². The van der Waals surface area contributed by atoms with Gasteiger partial charge in [0.25, 0.3) is 0 Å². The quantitative estimate of drug-likeness (QED) is 0.860. The van der Waals surface area contributed by atoms with Crippen molar-refractivity contribution in [3.8, 4) is 0 Å². The predicted octanol–water partition coefficient (Wildman–Crippen LogP) is 3.81. The Morgan fingerprint density at radius 2 is 1.91 bits per heavy atom. The summed E-state index contributed by atoms with van der Waals surface area (Å²) in [5.74, 6) is 0. The van der Waals surface area contributed by atoms with E-state index in [1.54, 1.807) is 6.20 Å². The average molecular weight is 291 g/mol. The Morgan fingerprint density at radius 1 is 1.09 bits per heavy atom. The fourth-order valence-electron chi connectivity index (χ4n) is 2.67. The minimum absolute atomic E-state index is 0.904. The van der Waals surface area contributed by atoms with Crippen molar-refractivity contribution in [2.45, 2.75) is 12.8 Å². The van der Waals surface area contributed by atoms with E-state index in [0.29, 0.717) is 0 Å². The number of benzene rings is 1. The molecule has 3 nitrogen and oxygen atoms in total. The van der Waals surface area contributed by atoms with Crippen LogP contribution in [-0.2, 0) is 0 Å². The van der Waals surface area contributed by atoms with Gasteiger partial charge in [-0.1, -0.05) is 12.1 Å². The highest BCUT2D eigenvalue weighted by Gasteiger charge is 2.14. The number of hydrogen-bond donors (Lipinski definition) is 0. The third kappa shape index (κ3) is 3.25. The SMILES string of the molecule is CN(C)c1ccc(/C=C2/CCCN=C2c2cccnc2)cc1. The largest absolute Gasteiger partial charge is 0.378 e. The molecule has 0 saturated carbocycles. The maximum absolute atomic E-state index is 4.72. The van der Waals surface area contributed by atoms with Gasteiger partial charge in [-0.3, -0.25) is 9.98 Å². The van der Waals surface area contributed by atoms with Crippen LogP contribution in [0.5, 0.6) is 0 Å². The Morgan fingerprint density at radius 3 is 2.59 bits per heavy atom. The second-order valence-electron chi connectivity index (χ2n) is 5.73. The highest BCUT2D eigenvalue weighted by Crippen LogP contribution is 2.22. The predicted molar refractivity (Wildman–Crippen MR) is 93.6 cm³/mol. The molecule has 1 aromatic heterocycles. The molecule has 112 valence electrons. The lowest BCUT2D eigenvalue weighted by atomic mass is 9.95. The summed E-state index contributed by atoms with van der Waals surface area (Å²) in [5, 5.41) is 0. The molecule has 0 atom stereocenters. The Bertz CT molecular complexity index is 682. The number of pyridine rings is 1. The summed E-state index contributed by atoms with van der Waals surface area (Å²) in [6, 6.07) is 12.7. The van der Waals surface area contributed by atoms with Crippen molar-refractivity contribution < 1.29 is 0 Å². The molecule has 2 heterocycles. The summed E-state index contributed by atoms with van der Waals surface area (Å²) in [6.07, 6.45) is 8.14. The van der Waals surface area contributed by atoms with Crippen LogP contribution in [0.3, 0.4) is 0 Å². The van der Waals surface area contributed by atoms with E-state index in [0.717, 1.165) is 30.7 Å². The van der Waals surface area contributed by atoms with Gasteiger partial charge in [-0.05, 0) is 54.3 Å². The van der Waals surface area contributed by atoms with E-state index in [9.17, 15) is 0 Å². The number of aromatic nitrogens is 1. The molecule has 2 aromatic rings. The number of aliphatic imine (C=N–C) groups is 1. The molecule has 0 amide bonds. The standard InChI is InChI=1S/C19H21N3/c1-22(2)18-9-7-15(8-10-18)13-16-5-4-12-21-19(16)17-6-3-11-20-14-17/h3,6-11,13-14H,4-5,12H2,1-2H3/b16-13-. The van der Waals surface area contributed by atoms with Crippen molar-refractivity contribution in [1.29, 1.82) is 0 Å². The number of hydrogen-bond acceptors (Lipinski definition) is 3. The molecular formula is C19H21N3. The third-order valence-electron chi connectivity index (χ3n) is 3.86. The Labute approximate surface area is 132 Å². The maximum atomic E-state index is 4.72. The van der Waals surface area contributed by atoms with Crippen LogP contribution in [-0.4, -0.2) is 31.3 Å². The lowest BCUT2D eigenvalue weighted by Gasteiger charge is -2.17. The molecule has 1 aliphatic rings. The van der Waals surface area contributed by atoms with E-state index in [4.69, 9.17) is 4.99 Å². The van der Waals surface area contributed by atoms with E-state index in [-0.39, 0.29) is 0 Å². The monoisotopic (exact) mass is 291 g/mol. The van der Waals surface area contributed by atoms with Crippen molar-refractivity contribution in [3.63, 3.8) is 0 Å². The molecule has 1 aromatic carbocycles. The van der Waals surface area contributed by atoms with Crippen LogP contribution < -0.4 is 4.90 Å². The summed E-state index contributed by atoms with van der Waals surface area (Å²) in [4.78, 5) is 11.1. The van der Waals surface area contributed by atoms with Gasteiger partial charge in [0.2, 0.25) is 0 Å². The smallest absolute Gasteiger partial charge is 0.0694 e. The van der Waals surface area contributed by atoms with Gasteiger partial charge in [0.15, 0.2) is 0 Å². The molecule has 1 aliphatic heterocycles. The molecule has 0 aliphatic carbocycles. The Kier molecular flexibility index (Phi) is 4.33. The van der Waals surface area contributed by atoms with E-state index in [1.165, 1.54) is 16.8 Å². The van der Waals surface area contributed by atoms with Gasteiger partial charge in [0.1, 0.15) is 0 Å².